The van der Waals surface area contributed by atoms with Crippen molar-refractivity contribution in [2.75, 3.05) is 45.3 Å². The number of phosphoric ester groups is 1. The molecule has 3 unspecified atom stereocenters. The van der Waals surface area contributed by atoms with Crippen LogP contribution in [0.2, 0.25) is 0 Å². The van der Waals surface area contributed by atoms with Gasteiger partial charge in [-0.3, -0.25) is 18.4 Å². The molecule has 18 nitrogen and oxygen atoms in total. The Hall–Kier alpha value is -2.92. The number of carbonyl (C=O) groups is 1. The highest BCUT2D eigenvalue weighted by molar-refractivity contribution is 7.47. The number of rotatable bonds is 19. The first kappa shape index (κ1) is 32.6. The van der Waals surface area contributed by atoms with Crippen LogP contribution in [-0.2, 0) is 27.9 Å². The number of azide groups is 1. The minimum atomic E-state index is -4.63. The molecule has 5 atom stereocenters. The molecule has 19 heteroatoms. The molecule has 228 valence electrons. The Morgan fingerprint density at radius 3 is 2.93 bits per heavy atom. The molecule has 0 spiro atoms. The van der Waals surface area contributed by atoms with Crippen molar-refractivity contribution < 1.29 is 43.0 Å². The number of nitrogens with two attached hydrogens (primary N) is 1. The number of amides is 1. The van der Waals surface area contributed by atoms with Crippen LogP contribution >= 0.6 is 7.82 Å². The highest BCUT2D eigenvalue weighted by Gasteiger charge is 2.42. The minimum Gasteiger partial charge on any atom is -0.394 e. The number of nitrogens with one attached hydrogen (secondary N) is 1. The Morgan fingerprint density at radius 2 is 2.15 bits per heavy atom. The second-order valence-corrected chi connectivity index (χ2v) is 10.6. The van der Waals surface area contributed by atoms with Crippen LogP contribution < -0.4 is 11.1 Å². The summed E-state index contributed by atoms with van der Waals surface area (Å²) in [5.74, 6) is 0.101. The number of aromatic nitrogens is 4. The van der Waals surface area contributed by atoms with E-state index < -0.39 is 45.6 Å². The van der Waals surface area contributed by atoms with Gasteiger partial charge in [-0.1, -0.05) is 11.5 Å². The molecule has 0 saturated carbocycles. The molecule has 2 aromatic heterocycles. The van der Waals surface area contributed by atoms with Gasteiger partial charge in [0.2, 0.25) is 5.91 Å². The standard InChI is InChI=1S/C22H36N9O9P/c23-21-20-22(27-13-26-21)31(14-28-20)19-9-16(17(10-32)39-19)40-41(35,36)38-12-15(33)11-37-8-4-6-25-18(34)5-2-1-3-7-29-30-24/h13-17,19,32-33H,1-12H2,(H,25,34)(H,35,36)(H2,23,26,27)/t15?,16?,17-,19-/m1/s1. The number of hydrogen-bond donors (Lipinski definition) is 5. The number of ether oxygens (including phenoxy) is 2. The molecule has 2 aromatic rings. The fraction of sp³-hybridized carbons (Fsp3) is 0.727. The number of aliphatic hydroxyl groups excluding tert-OH is 2. The maximum Gasteiger partial charge on any atom is 0.472 e. The van der Waals surface area contributed by atoms with Crippen LogP contribution in [0.4, 0.5) is 5.82 Å². The molecule has 0 aromatic carbocycles. The van der Waals surface area contributed by atoms with E-state index in [4.69, 9.17) is 29.8 Å². The fourth-order valence-corrected chi connectivity index (χ4v) is 5.04. The van der Waals surface area contributed by atoms with Gasteiger partial charge in [0.15, 0.2) is 11.5 Å². The highest BCUT2D eigenvalue weighted by Crippen LogP contribution is 2.48. The fourth-order valence-electron chi connectivity index (χ4n) is 4.06. The van der Waals surface area contributed by atoms with Gasteiger partial charge in [0.1, 0.15) is 36.4 Å². The van der Waals surface area contributed by atoms with Crippen molar-refractivity contribution in [2.24, 2.45) is 5.11 Å². The van der Waals surface area contributed by atoms with Crippen molar-refractivity contribution in [1.29, 1.82) is 0 Å². The van der Waals surface area contributed by atoms with Crippen LogP contribution in [0.25, 0.3) is 21.6 Å². The van der Waals surface area contributed by atoms with Gasteiger partial charge in [-0.15, -0.1) is 0 Å². The van der Waals surface area contributed by atoms with Crippen molar-refractivity contribution in [2.45, 2.75) is 63.1 Å². The molecule has 6 N–H and O–H groups in total. The van der Waals surface area contributed by atoms with Gasteiger partial charge >= 0.3 is 7.82 Å². The van der Waals surface area contributed by atoms with Crippen LogP contribution in [0.3, 0.4) is 0 Å². The largest absolute Gasteiger partial charge is 0.472 e. The molecule has 3 rings (SSSR count). The molecule has 1 saturated heterocycles. The zero-order valence-corrected chi connectivity index (χ0v) is 23.3. The molecular weight excluding hydrogens is 565 g/mol. The topological polar surface area (TPSA) is 262 Å². The third-order valence-electron chi connectivity index (χ3n) is 6.08. The molecule has 41 heavy (non-hydrogen) atoms. The summed E-state index contributed by atoms with van der Waals surface area (Å²) < 4.78 is 35.4. The normalized spacial score (nSPS) is 20.9. The smallest absolute Gasteiger partial charge is 0.394 e. The minimum absolute atomic E-state index is 0.0775. The number of fused-ring (bicyclic) bond motifs is 1. The van der Waals surface area contributed by atoms with Gasteiger partial charge in [0, 0.05) is 37.4 Å². The molecular formula is C22H36N9O9P. The van der Waals surface area contributed by atoms with E-state index in [-0.39, 0.29) is 31.4 Å². The first-order chi connectivity index (χ1) is 19.7. The lowest BCUT2D eigenvalue weighted by molar-refractivity contribution is -0.121. The lowest BCUT2D eigenvalue weighted by atomic mass is 10.2. The zero-order chi connectivity index (χ0) is 29.7. The van der Waals surface area contributed by atoms with E-state index in [0.29, 0.717) is 43.5 Å². The molecule has 0 bridgehead atoms. The molecule has 1 fully saturated rings. The van der Waals surface area contributed by atoms with E-state index in [1.807, 2.05) is 0 Å². The van der Waals surface area contributed by atoms with E-state index in [0.717, 1.165) is 12.8 Å². The van der Waals surface area contributed by atoms with Gasteiger partial charge < -0.3 is 35.6 Å². The maximum atomic E-state index is 12.5. The Kier molecular flexibility index (Phi) is 13.1. The summed E-state index contributed by atoms with van der Waals surface area (Å²) in [6.07, 6.45) is 2.07. The SMILES string of the molecule is [N-]=[N+]=NCCCCCC(=O)NCCCOCC(O)COP(=O)(O)OC1C[C@H](n2cnc3c(N)ncnc32)O[C@@H]1CO. The third kappa shape index (κ3) is 10.5. The van der Waals surface area contributed by atoms with E-state index in [9.17, 15) is 24.5 Å². The van der Waals surface area contributed by atoms with Crippen LogP contribution in [0, 0.1) is 0 Å². The van der Waals surface area contributed by atoms with E-state index in [1.165, 1.54) is 12.7 Å². The van der Waals surface area contributed by atoms with Crippen LogP contribution in [-0.4, -0.2) is 98.4 Å². The number of unbranched alkanes of at least 4 members (excludes halogenated alkanes) is 2. The number of hydrogen-bond acceptors (Lipinski definition) is 13. The number of carbonyl (C=O) groups excluding carboxylic acids is 1. The predicted octanol–water partition coefficient (Wildman–Crippen LogP) is 0.945. The summed E-state index contributed by atoms with van der Waals surface area (Å²) in [5.41, 5.74) is 14.8. The number of nitrogens with zero attached hydrogens (tertiary/aromatic N) is 7. The average Bonchev–Trinajstić information content (AvgIpc) is 3.55. The Morgan fingerprint density at radius 1 is 1.32 bits per heavy atom. The lowest BCUT2D eigenvalue weighted by Gasteiger charge is -2.20. The second-order valence-electron chi connectivity index (χ2n) is 9.24. The van der Waals surface area contributed by atoms with Crippen molar-refractivity contribution in [1.82, 2.24) is 24.8 Å². The Bertz CT molecular complexity index is 1210. The van der Waals surface area contributed by atoms with E-state index >= 15 is 0 Å². The third-order valence-corrected chi connectivity index (χ3v) is 7.09. The van der Waals surface area contributed by atoms with Crippen molar-refractivity contribution >= 4 is 30.7 Å². The van der Waals surface area contributed by atoms with Crippen LogP contribution in [0.15, 0.2) is 17.8 Å². The average molecular weight is 602 g/mol. The summed E-state index contributed by atoms with van der Waals surface area (Å²) >= 11 is 0. The van der Waals surface area contributed by atoms with Gasteiger partial charge in [-0.2, -0.15) is 0 Å². The Labute approximate surface area is 235 Å². The number of aliphatic hydroxyl groups is 2. The molecule has 3 heterocycles. The lowest BCUT2D eigenvalue weighted by Crippen LogP contribution is -2.28. The monoisotopic (exact) mass is 601 g/mol. The van der Waals surface area contributed by atoms with Gasteiger partial charge in [0.25, 0.3) is 0 Å². The number of anilines is 1. The van der Waals surface area contributed by atoms with Crippen molar-refractivity contribution in [3.63, 3.8) is 0 Å². The quantitative estimate of drug-likeness (QED) is 0.0494. The van der Waals surface area contributed by atoms with E-state index in [2.05, 4.69) is 30.3 Å². The van der Waals surface area contributed by atoms with Crippen LogP contribution in [0.5, 0.6) is 0 Å². The first-order valence-electron chi connectivity index (χ1n) is 13.1. The highest BCUT2D eigenvalue weighted by atomic mass is 31.2. The van der Waals surface area contributed by atoms with Crippen LogP contribution in [0.1, 0.15) is 44.8 Å². The summed E-state index contributed by atoms with van der Waals surface area (Å²) in [7, 11) is -4.63. The summed E-state index contributed by atoms with van der Waals surface area (Å²) in [6, 6.07) is 0. The summed E-state index contributed by atoms with van der Waals surface area (Å²) in [5, 5.41) is 26.0. The Balaban J connectivity index is 1.31. The molecule has 0 radical (unpaired) electrons. The van der Waals surface area contributed by atoms with Crippen molar-refractivity contribution in [3.8, 4) is 0 Å². The van der Waals surface area contributed by atoms with Gasteiger partial charge in [0.05, 0.1) is 26.1 Å². The number of nitrogen functional groups attached to an aromatic ring is 1. The molecule has 1 aliphatic heterocycles. The van der Waals surface area contributed by atoms with Gasteiger partial charge in [-0.25, -0.2) is 19.5 Å². The zero-order valence-electron chi connectivity index (χ0n) is 22.4. The summed E-state index contributed by atoms with van der Waals surface area (Å²) in [6.45, 7) is -0.113. The predicted molar refractivity (Wildman–Crippen MR) is 143 cm³/mol. The number of imidazole rings is 1. The van der Waals surface area contributed by atoms with Crippen molar-refractivity contribution in [3.05, 3.63) is 23.1 Å². The van der Waals surface area contributed by atoms with Gasteiger partial charge in [-0.05, 0) is 24.8 Å². The maximum absolute atomic E-state index is 12.5. The molecule has 1 aliphatic rings. The molecule has 0 aliphatic carbocycles. The second kappa shape index (κ2) is 16.5. The first-order valence-corrected chi connectivity index (χ1v) is 14.6. The van der Waals surface area contributed by atoms with E-state index in [1.54, 1.807) is 4.57 Å². The number of phosphoric acid groups is 1. The molecule has 1 amide bonds. The summed E-state index contributed by atoms with van der Waals surface area (Å²) in [4.78, 5) is 36.8.